The van der Waals surface area contributed by atoms with Gasteiger partial charge in [-0.25, -0.2) is 0 Å². The molecule has 48 valence electrons. The molecular formula is C5H11NOS. The number of nitrogens with one attached hydrogen (secondary N) is 1. The van der Waals surface area contributed by atoms with E-state index in [-0.39, 0.29) is 11.8 Å². The van der Waals surface area contributed by atoms with Crippen LogP contribution in [-0.4, -0.2) is 24.6 Å². The van der Waals surface area contributed by atoms with Crippen molar-refractivity contribution in [2.45, 2.75) is 13.0 Å². The molecule has 0 aliphatic heterocycles. The van der Waals surface area contributed by atoms with E-state index in [1.54, 1.807) is 14.0 Å². The monoisotopic (exact) mass is 133 g/mol. The molecule has 0 unspecified atom stereocenters. The normalized spacial score (nSPS) is 13.4. The van der Waals surface area contributed by atoms with Gasteiger partial charge < -0.3 is 5.32 Å². The lowest BCUT2D eigenvalue weighted by atomic mass is 10.2. The smallest absolute Gasteiger partial charge is 0.147 e. The number of thiol groups is 1. The van der Waals surface area contributed by atoms with E-state index in [9.17, 15) is 4.79 Å². The van der Waals surface area contributed by atoms with Gasteiger partial charge in [-0.15, -0.1) is 0 Å². The van der Waals surface area contributed by atoms with E-state index in [0.29, 0.717) is 5.75 Å². The lowest BCUT2D eigenvalue weighted by Crippen LogP contribution is -2.33. The van der Waals surface area contributed by atoms with Crippen LogP contribution in [0, 0.1) is 0 Å². The summed E-state index contributed by atoms with van der Waals surface area (Å²) < 4.78 is 0. The maximum absolute atomic E-state index is 10.5. The van der Waals surface area contributed by atoms with E-state index in [4.69, 9.17) is 0 Å². The van der Waals surface area contributed by atoms with E-state index in [1.807, 2.05) is 0 Å². The molecule has 0 aliphatic rings. The number of hydrogen-bond acceptors (Lipinski definition) is 3. The van der Waals surface area contributed by atoms with Crippen molar-refractivity contribution in [2.75, 3.05) is 12.8 Å². The van der Waals surface area contributed by atoms with E-state index < -0.39 is 0 Å². The van der Waals surface area contributed by atoms with E-state index in [1.165, 1.54) is 0 Å². The van der Waals surface area contributed by atoms with Crippen LogP contribution in [0.2, 0.25) is 0 Å². The maximum atomic E-state index is 10.5. The summed E-state index contributed by atoms with van der Waals surface area (Å²) in [7, 11) is 1.75. The van der Waals surface area contributed by atoms with Gasteiger partial charge >= 0.3 is 0 Å². The summed E-state index contributed by atoms with van der Waals surface area (Å²) in [6.07, 6.45) is 0. The van der Waals surface area contributed by atoms with Gasteiger partial charge in [0.2, 0.25) is 0 Å². The fourth-order valence-corrected chi connectivity index (χ4v) is 0.863. The fraction of sp³-hybridized carbons (Fsp3) is 0.800. The number of rotatable bonds is 3. The van der Waals surface area contributed by atoms with Gasteiger partial charge in [0.15, 0.2) is 0 Å². The highest BCUT2D eigenvalue weighted by molar-refractivity contribution is 7.80. The predicted octanol–water partition coefficient (Wildman–Crippen LogP) is 0.0932. The molecule has 0 saturated carbocycles. The van der Waals surface area contributed by atoms with Crippen molar-refractivity contribution in [1.29, 1.82) is 0 Å². The maximum Gasteiger partial charge on any atom is 0.147 e. The molecule has 0 amide bonds. The van der Waals surface area contributed by atoms with Gasteiger partial charge in [-0.05, 0) is 14.0 Å². The first-order valence-electron chi connectivity index (χ1n) is 2.51. The van der Waals surface area contributed by atoms with Crippen molar-refractivity contribution in [3.05, 3.63) is 0 Å². The second-order valence-electron chi connectivity index (χ2n) is 1.63. The zero-order valence-corrected chi connectivity index (χ0v) is 6.03. The molecule has 0 saturated heterocycles. The number of carbonyl (C=O) groups excluding carboxylic acids is 1. The van der Waals surface area contributed by atoms with Crippen LogP contribution in [0.5, 0.6) is 0 Å². The minimum atomic E-state index is -0.0710. The molecule has 8 heavy (non-hydrogen) atoms. The zero-order chi connectivity index (χ0) is 6.57. The van der Waals surface area contributed by atoms with Crippen molar-refractivity contribution in [2.24, 2.45) is 0 Å². The Bertz CT molecular complexity index is 80.5. The van der Waals surface area contributed by atoms with Gasteiger partial charge in [0.1, 0.15) is 5.78 Å². The first-order chi connectivity index (χ1) is 3.72. The van der Waals surface area contributed by atoms with Crippen LogP contribution in [0.25, 0.3) is 0 Å². The molecule has 0 radical (unpaired) electrons. The second-order valence-corrected chi connectivity index (χ2v) is 2.00. The Balaban J connectivity index is 3.52. The zero-order valence-electron chi connectivity index (χ0n) is 5.14. The molecule has 0 rings (SSSR count). The van der Waals surface area contributed by atoms with Crippen LogP contribution >= 0.6 is 12.6 Å². The second kappa shape index (κ2) is 3.92. The molecule has 0 fully saturated rings. The molecule has 0 spiro atoms. The Morgan fingerprint density at radius 2 is 2.38 bits per heavy atom. The van der Waals surface area contributed by atoms with Crippen LogP contribution in [0.1, 0.15) is 6.92 Å². The summed E-state index contributed by atoms with van der Waals surface area (Å²) in [6.45, 7) is 1.55. The highest BCUT2D eigenvalue weighted by atomic mass is 32.1. The van der Waals surface area contributed by atoms with Crippen molar-refractivity contribution < 1.29 is 4.79 Å². The number of likely N-dealkylation sites (N-methyl/N-ethyl adjacent to an activating group) is 1. The standard InChI is InChI=1S/C5H11NOS/c1-4(7)5(3-8)6-2/h5-6,8H,3H2,1-2H3/t5-/m0/s1. The first kappa shape index (κ1) is 7.98. The molecule has 0 aromatic carbocycles. The van der Waals surface area contributed by atoms with Crippen molar-refractivity contribution in [3.63, 3.8) is 0 Å². The lowest BCUT2D eigenvalue weighted by molar-refractivity contribution is -0.118. The summed E-state index contributed by atoms with van der Waals surface area (Å²) in [5.74, 6) is 0.716. The highest BCUT2D eigenvalue weighted by Crippen LogP contribution is 1.86. The van der Waals surface area contributed by atoms with Gasteiger partial charge in [-0.1, -0.05) is 0 Å². The third-order valence-corrected chi connectivity index (χ3v) is 1.39. The molecular weight excluding hydrogens is 122 g/mol. The van der Waals surface area contributed by atoms with Crippen molar-refractivity contribution in [1.82, 2.24) is 5.32 Å². The Hall–Kier alpha value is -0.0200. The Morgan fingerprint density at radius 3 is 2.38 bits per heavy atom. The number of Topliss-reactive ketones (excluding diaryl/α,β-unsaturated/α-hetero) is 1. The number of ketones is 1. The Morgan fingerprint density at radius 1 is 1.88 bits per heavy atom. The van der Waals surface area contributed by atoms with Crippen LogP contribution in [0.15, 0.2) is 0 Å². The quantitative estimate of drug-likeness (QED) is 0.534. The Labute approximate surface area is 55.1 Å². The molecule has 0 aliphatic carbocycles. The van der Waals surface area contributed by atoms with Gasteiger partial charge in [-0.3, -0.25) is 4.79 Å². The minimum absolute atomic E-state index is 0.0710. The van der Waals surface area contributed by atoms with Gasteiger partial charge in [0.25, 0.3) is 0 Å². The van der Waals surface area contributed by atoms with E-state index >= 15 is 0 Å². The summed E-state index contributed by atoms with van der Waals surface area (Å²) in [5.41, 5.74) is 0. The number of carbonyl (C=O) groups is 1. The van der Waals surface area contributed by atoms with Crippen LogP contribution in [-0.2, 0) is 4.79 Å². The first-order valence-corrected chi connectivity index (χ1v) is 3.14. The van der Waals surface area contributed by atoms with Gasteiger partial charge in [0, 0.05) is 5.75 Å². The number of hydrogen-bond donors (Lipinski definition) is 2. The summed E-state index contributed by atoms with van der Waals surface area (Å²) in [4.78, 5) is 10.5. The molecule has 3 heteroatoms. The van der Waals surface area contributed by atoms with Crippen LogP contribution < -0.4 is 5.32 Å². The summed E-state index contributed by atoms with van der Waals surface area (Å²) in [6, 6.07) is -0.0710. The molecule has 0 heterocycles. The lowest BCUT2D eigenvalue weighted by Gasteiger charge is -2.06. The topological polar surface area (TPSA) is 29.1 Å². The van der Waals surface area contributed by atoms with Crippen LogP contribution in [0.3, 0.4) is 0 Å². The molecule has 1 atom stereocenters. The minimum Gasteiger partial charge on any atom is -0.310 e. The summed E-state index contributed by atoms with van der Waals surface area (Å²) in [5, 5.41) is 2.83. The molecule has 0 aromatic rings. The molecule has 0 bridgehead atoms. The molecule has 1 N–H and O–H groups in total. The largest absolute Gasteiger partial charge is 0.310 e. The van der Waals surface area contributed by atoms with Crippen molar-refractivity contribution >= 4 is 18.4 Å². The highest BCUT2D eigenvalue weighted by Gasteiger charge is 2.06. The third kappa shape index (κ3) is 2.33. The third-order valence-electron chi connectivity index (χ3n) is 1.02. The van der Waals surface area contributed by atoms with Gasteiger partial charge in [-0.2, -0.15) is 12.6 Å². The average molecular weight is 133 g/mol. The van der Waals surface area contributed by atoms with Crippen LogP contribution in [0.4, 0.5) is 0 Å². The van der Waals surface area contributed by atoms with E-state index in [0.717, 1.165) is 0 Å². The van der Waals surface area contributed by atoms with Gasteiger partial charge in [0.05, 0.1) is 6.04 Å². The molecule has 0 aromatic heterocycles. The Kier molecular flexibility index (Phi) is 3.91. The molecule has 2 nitrogen and oxygen atoms in total. The average Bonchev–Trinajstić information content (AvgIpc) is 1.69. The fourth-order valence-electron chi connectivity index (χ4n) is 0.423. The van der Waals surface area contributed by atoms with E-state index in [2.05, 4.69) is 17.9 Å². The SMILES string of the molecule is CN[C@@H](CS)C(C)=O. The van der Waals surface area contributed by atoms with Crippen molar-refractivity contribution in [3.8, 4) is 0 Å². The predicted molar refractivity (Wildman–Crippen MR) is 37.4 cm³/mol. The summed E-state index contributed by atoms with van der Waals surface area (Å²) >= 11 is 3.95.